The van der Waals surface area contributed by atoms with Crippen LogP contribution in [-0.2, 0) is 28.5 Å². The number of benzene rings is 1. The van der Waals surface area contributed by atoms with E-state index in [2.05, 4.69) is 0 Å². The fourth-order valence-corrected chi connectivity index (χ4v) is 3.65. The number of hydrogen-bond acceptors (Lipinski definition) is 6. The molecule has 0 radical (unpaired) electrons. The summed E-state index contributed by atoms with van der Waals surface area (Å²) in [7, 11) is 1.56. The maximum Gasteiger partial charge on any atom is 0.261 e. The van der Waals surface area contributed by atoms with Crippen molar-refractivity contribution in [2.75, 3.05) is 12.0 Å². The third-order valence-corrected chi connectivity index (χ3v) is 4.75. The van der Waals surface area contributed by atoms with Crippen LogP contribution in [0.1, 0.15) is 20.3 Å². The van der Waals surface area contributed by atoms with E-state index in [1.807, 2.05) is 19.9 Å². The number of hydrogen-bond donors (Lipinski definition) is 0. The van der Waals surface area contributed by atoms with Crippen molar-refractivity contribution >= 4 is 17.5 Å². The first-order valence-corrected chi connectivity index (χ1v) is 8.56. The number of rotatable bonds is 3. The molecule has 4 rings (SSSR count). The van der Waals surface area contributed by atoms with E-state index in [9.17, 15) is 9.59 Å². The number of fused-ring (bicyclic) bond motifs is 1. The van der Waals surface area contributed by atoms with Crippen LogP contribution in [0.3, 0.4) is 0 Å². The Balaban J connectivity index is 1.56. The Morgan fingerprint density at radius 1 is 1.19 bits per heavy atom. The number of carbonyl (C=O) groups excluding carboxylic acids is 2. The van der Waals surface area contributed by atoms with Crippen LogP contribution in [0.5, 0.6) is 0 Å². The summed E-state index contributed by atoms with van der Waals surface area (Å²) in [6, 6.07) is 8.88. The van der Waals surface area contributed by atoms with Crippen LogP contribution in [0.15, 0.2) is 42.0 Å². The summed E-state index contributed by atoms with van der Waals surface area (Å²) >= 11 is 0. The summed E-state index contributed by atoms with van der Waals surface area (Å²) in [5, 5.41) is 0. The van der Waals surface area contributed by atoms with Gasteiger partial charge in [-0.05, 0) is 32.1 Å². The summed E-state index contributed by atoms with van der Waals surface area (Å²) in [4.78, 5) is 26.3. The van der Waals surface area contributed by atoms with Crippen molar-refractivity contribution in [2.45, 2.75) is 50.7 Å². The lowest BCUT2D eigenvalue weighted by molar-refractivity contribution is -0.210. The maximum absolute atomic E-state index is 12.7. The normalized spacial score (nSPS) is 34.7. The van der Waals surface area contributed by atoms with E-state index in [4.69, 9.17) is 18.9 Å². The molecule has 26 heavy (non-hydrogen) atoms. The number of anilines is 1. The third-order valence-electron chi connectivity index (χ3n) is 4.75. The molecule has 2 amide bonds. The second kappa shape index (κ2) is 6.28. The van der Waals surface area contributed by atoms with Gasteiger partial charge in [-0.2, -0.15) is 0 Å². The molecule has 1 aromatic carbocycles. The zero-order valence-corrected chi connectivity index (χ0v) is 14.9. The minimum absolute atomic E-state index is 0.0343. The van der Waals surface area contributed by atoms with E-state index in [0.29, 0.717) is 11.3 Å². The Kier molecular flexibility index (Phi) is 4.19. The van der Waals surface area contributed by atoms with Gasteiger partial charge in [0.25, 0.3) is 5.91 Å². The first-order chi connectivity index (χ1) is 12.4. The van der Waals surface area contributed by atoms with Crippen molar-refractivity contribution in [3.05, 3.63) is 42.0 Å². The number of methoxy groups -OCH3 is 1. The summed E-state index contributed by atoms with van der Waals surface area (Å²) in [6.45, 7) is 3.62. The lowest BCUT2D eigenvalue weighted by atomic mass is 10.1. The molecule has 0 aliphatic carbocycles. The summed E-state index contributed by atoms with van der Waals surface area (Å²) in [6.07, 6.45) is -0.179. The number of ether oxygens (including phenoxy) is 4. The SMILES string of the molecule is COC1C(C=C2CC(=O)N(c3ccccc3)C2=O)OC2OC(C)(C)OC21. The van der Waals surface area contributed by atoms with E-state index in [-0.39, 0.29) is 24.3 Å². The average molecular weight is 359 g/mol. The molecule has 0 spiro atoms. The van der Waals surface area contributed by atoms with Gasteiger partial charge < -0.3 is 18.9 Å². The van der Waals surface area contributed by atoms with Crippen LogP contribution < -0.4 is 4.90 Å². The van der Waals surface area contributed by atoms with Crippen LogP contribution in [-0.4, -0.2) is 49.3 Å². The molecule has 3 heterocycles. The largest absolute Gasteiger partial charge is 0.375 e. The molecule has 3 aliphatic rings. The van der Waals surface area contributed by atoms with Gasteiger partial charge >= 0.3 is 0 Å². The van der Waals surface area contributed by atoms with Crippen molar-refractivity contribution in [1.29, 1.82) is 0 Å². The average Bonchev–Trinajstić information content (AvgIpc) is 3.15. The number of carbonyl (C=O) groups is 2. The van der Waals surface area contributed by atoms with Gasteiger partial charge in [-0.15, -0.1) is 0 Å². The molecule has 138 valence electrons. The van der Waals surface area contributed by atoms with Crippen molar-refractivity contribution < 1.29 is 28.5 Å². The van der Waals surface area contributed by atoms with Gasteiger partial charge in [-0.25, -0.2) is 4.90 Å². The predicted molar refractivity (Wildman–Crippen MR) is 91.1 cm³/mol. The second-order valence-electron chi connectivity index (χ2n) is 7.01. The standard InChI is InChI=1S/C19H21NO6/c1-19(2)25-16-15(23-3)13(24-18(16)26-19)9-11-10-14(21)20(17(11)22)12-7-5-4-6-8-12/h4-9,13,15-16,18H,10H2,1-3H3. The molecule has 7 heteroatoms. The Labute approximate surface area is 151 Å². The van der Waals surface area contributed by atoms with Gasteiger partial charge in [0, 0.05) is 12.7 Å². The minimum atomic E-state index is -0.743. The van der Waals surface area contributed by atoms with Crippen LogP contribution in [0.4, 0.5) is 5.69 Å². The fourth-order valence-electron chi connectivity index (χ4n) is 3.65. The third kappa shape index (κ3) is 2.87. The zero-order valence-electron chi connectivity index (χ0n) is 14.9. The molecule has 0 aromatic heterocycles. The van der Waals surface area contributed by atoms with E-state index in [0.717, 1.165) is 0 Å². The molecule has 1 aromatic rings. The molecular formula is C19H21NO6. The van der Waals surface area contributed by atoms with E-state index < -0.39 is 24.3 Å². The molecule has 0 bridgehead atoms. The van der Waals surface area contributed by atoms with Gasteiger partial charge in [-0.3, -0.25) is 9.59 Å². The van der Waals surface area contributed by atoms with Crippen molar-refractivity contribution in [3.8, 4) is 0 Å². The zero-order chi connectivity index (χ0) is 18.5. The molecule has 0 N–H and O–H groups in total. The van der Waals surface area contributed by atoms with Crippen molar-refractivity contribution in [2.24, 2.45) is 0 Å². The summed E-state index contributed by atoms with van der Waals surface area (Å²) in [5.74, 6) is -1.33. The van der Waals surface area contributed by atoms with Gasteiger partial charge in [-0.1, -0.05) is 18.2 Å². The summed E-state index contributed by atoms with van der Waals surface area (Å²) < 4.78 is 23.0. The van der Waals surface area contributed by atoms with Crippen molar-refractivity contribution in [1.82, 2.24) is 0 Å². The quantitative estimate of drug-likeness (QED) is 0.605. The van der Waals surface area contributed by atoms with Crippen molar-refractivity contribution in [3.63, 3.8) is 0 Å². The van der Waals surface area contributed by atoms with Crippen LogP contribution >= 0.6 is 0 Å². The van der Waals surface area contributed by atoms with Gasteiger partial charge in [0.15, 0.2) is 12.1 Å². The lowest BCUT2D eigenvalue weighted by Gasteiger charge is -2.23. The highest BCUT2D eigenvalue weighted by atomic mass is 16.8. The second-order valence-corrected chi connectivity index (χ2v) is 7.01. The minimum Gasteiger partial charge on any atom is -0.375 e. The highest BCUT2D eigenvalue weighted by Gasteiger charge is 2.55. The van der Waals surface area contributed by atoms with Crippen LogP contribution in [0.25, 0.3) is 0 Å². The number of para-hydroxylation sites is 1. The lowest BCUT2D eigenvalue weighted by Crippen LogP contribution is -2.35. The molecule has 4 unspecified atom stereocenters. The highest BCUT2D eigenvalue weighted by Crippen LogP contribution is 2.39. The predicted octanol–water partition coefficient (Wildman–Crippen LogP) is 1.77. The van der Waals surface area contributed by atoms with E-state index in [1.165, 1.54) is 4.90 Å². The molecule has 0 saturated carbocycles. The fraction of sp³-hybridized carbons (Fsp3) is 0.474. The van der Waals surface area contributed by atoms with Gasteiger partial charge in [0.1, 0.15) is 18.3 Å². The van der Waals surface area contributed by atoms with Gasteiger partial charge in [0.05, 0.1) is 12.1 Å². The topological polar surface area (TPSA) is 74.3 Å². The maximum atomic E-state index is 12.7. The Morgan fingerprint density at radius 2 is 1.92 bits per heavy atom. The first kappa shape index (κ1) is 17.4. The Hall–Kier alpha value is -2.06. The smallest absolute Gasteiger partial charge is 0.261 e. The Bertz CT molecular complexity index is 759. The molecule has 3 fully saturated rings. The Morgan fingerprint density at radius 3 is 2.62 bits per heavy atom. The van der Waals surface area contributed by atoms with E-state index in [1.54, 1.807) is 37.5 Å². The summed E-state index contributed by atoms with van der Waals surface area (Å²) in [5.41, 5.74) is 0.956. The van der Waals surface area contributed by atoms with Crippen LogP contribution in [0, 0.1) is 0 Å². The molecule has 3 aliphatic heterocycles. The number of nitrogens with zero attached hydrogens (tertiary/aromatic N) is 1. The van der Waals surface area contributed by atoms with Gasteiger partial charge in [0.2, 0.25) is 5.91 Å². The molecule has 3 saturated heterocycles. The number of imide groups is 1. The monoisotopic (exact) mass is 359 g/mol. The highest BCUT2D eigenvalue weighted by molar-refractivity contribution is 6.28. The van der Waals surface area contributed by atoms with E-state index >= 15 is 0 Å². The molecule has 7 nitrogen and oxygen atoms in total. The molecular weight excluding hydrogens is 338 g/mol. The van der Waals surface area contributed by atoms with Crippen LogP contribution in [0.2, 0.25) is 0 Å². The number of amides is 2. The first-order valence-electron chi connectivity index (χ1n) is 8.56. The molecule has 4 atom stereocenters.